The van der Waals surface area contributed by atoms with E-state index >= 15 is 0 Å². The van der Waals surface area contributed by atoms with Gasteiger partial charge in [0.2, 0.25) is 0 Å². The van der Waals surface area contributed by atoms with Crippen molar-refractivity contribution in [3.63, 3.8) is 0 Å². The molecule has 0 aliphatic rings. The molecule has 0 aliphatic carbocycles. The highest BCUT2D eigenvalue weighted by atomic mass is 32.1. The van der Waals surface area contributed by atoms with Crippen LogP contribution in [0.1, 0.15) is 21.0 Å². The van der Waals surface area contributed by atoms with Crippen molar-refractivity contribution in [3.05, 3.63) is 45.4 Å². The van der Waals surface area contributed by atoms with Crippen molar-refractivity contribution in [2.75, 3.05) is 5.73 Å². The second-order valence-electron chi connectivity index (χ2n) is 3.71. The number of hydrogen-bond donors (Lipinski definition) is 1. The summed E-state index contributed by atoms with van der Waals surface area (Å²) in [5, 5.41) is 1.12. The molecule has 1 heterocycles. The third-order valence-electron chi connectivity index (χ3n) is 2.39. The summed E-state index contributed by atoms with van der Waals surface area (Å²) in [7, 11) is 0. The van der Waals surface area contributed by atoms with Crippen LogP contribution in [0.5, 0.6) is 0 Å². The smallest absolute Gasteiger partial charge is 0.0896 e. The molecule has 2 N–H and O–H groups in total. The minimum absolute atomic E-state index is 0.869. The second kappa shape index (κ2) is 4.03. The number of nitrogens with two attached hydrogens (primary N) is 1. The molecule has 0 fully saturated rings. The third kappa shape index (κ3) is 2.36. The monoisotopic (exact) mass is 218 g/mol. The van der Waals surface area contributed by atoms with Crippen LogP contribution in [0, 0.1) is 13.8 Å². The van der Waals surface area contributed by atoms with E-state index in [1.165, 1.54) is 10.4 Å². The summed E-state index contributed by atoms with van der Waals surface area (Å²) in [5.74, 6) is 0. The molecular formula is C12H14N2S. The predicted octanol–water partition coefficient (Wildman–Crippen LogP) is 2.93. The molecule has 2 nitrogen and oxygen atoms in total. The summed E-state index contributed by atoms with van der Waals surface area (Å²) in [6.45, 7) is 4.05. The summed E-state index contributed by atoms with van der Waals surface area (Å²) in [5.41, 5.74) is 9.13. The number of anilines is 1. The van der Waals surface area contributed by atoms with E-state index in [1.807, 2.05) is 26.1 Å². The Morgan fingerprint density at radius 3 is 2.73 bits per heavy atom. The zero-order valence-corrected chi connectivity index (χ0v) is 9.77. The molecule has 0 aliphatic heterocycles. The van der Waals surface area contributed by atoms with Gasteiger partial charge >= 0.3 is 0 Å². The van der Waals surface area contributed by atoms with Crippen LogP contribution < -0.4 is 5.73 Å². The maximum absolute atomic E-state index is 5.87. The second-order valence-corrected chi connectivity index (χ2v) is 5.03. The lowest BCUT2D eigenvalue weighted by Gasteiger charge is -2.03. The third-order valence-corrected chi connectivity index (χ3v) is 3.30. The van der Waals surface area contributed by atoms with Crippen molar-refractivity contribution < 1.29 is 0 Å². The van der Waals surface area contributed by atoms with E-state index in [2.05, 4.69) is 17.1 Å². The van der Waals surface area contributed by atoms with Gasteiger partial charge in [0.25, 0.3) is 0 Å². The molecule has 78 valence electrons. The van der Waals surface area contributed by atoms with E-state index in [9.17, 15) is 0 Å². The summed E-state index contributed by atoms with van der Waals surface area (Å²) >= 11 is 1.74. The largest absolute Gasteiger partial charge is 0.399 e. The Bertz CT molecular complexity index is 474. The molecule has 0 saturated carbocycles. The average Bonchev–Trinajstić information content (AvgIpc) is 2.58. The Kier molecular flexibility index (Phi) is 2.73. The van der Waals surface area contributed by atoms with E-state index in [0.29, 0.717) is 0 Å². The zero-order chi connectivity index (χ0) is 10.8. The van der Waals surface area contributed by atoms with Crippen LogP contribution in [0.2, 0.25) is 0 Å². The lowest BCUT2D eigenvalue weighted by atomic mass is 10.1. The van der Waals surface area contributed by atoms with Gasteiger partial charge in [0.15, 0.2) is 0 Å². The number of aryl methyl sites for hydroxylation is 2. The molecule has 2 rings (SSSR count). The topological polar surface area (TPSA) is 38.9 Å². The van der Waals surface area contributed by atoms with Crippen LogP contribution in [-0.4, -0.2) is 4.98 Å². The maximum atomic E-state index is 5.87. The van der Waals surface area contributed by atoms with Gasteiger partial charge in [-0.2, -0.15) is 0 Å². The Hall–Kier alpha value is -1.35. The van der Waals surface area contributed by atoms with E-state index in [0.717, 1.165) is 22.7 Å². The molecule has 1 aromatic heterocycles. The van der Waals surface area contributed by atoms with E-state index < -0.39 is 0 Å². The van der Waals surface area contributed by atoms with Gasteiger partial charge in [-0.25, -0.2) is 4.98 Å². The first-order valence-corrected chi connectivity index (χ1v) is 5.73. The quantitative estimate of drug-likeness (QED) is 0.787. The molecule has 0 spiro atoms. The van der Waals surface area contributed by atoms with E-state index in [1.54, 1.807) is 11.3 Å². The predicted molar refractivity (Wildman–Crippen MR) is 65.2 cm³/mol. The molecule has 0 radical (unpaired) electrons. The first kappa shape index (κ1) is 10.2. The fraction of sp³-hybridized carbons (Fsp3) is 0.250. The SMILES string of the molecule is Cc1ncc(Cc2ccc(C)c(N)c2)s1. The van der Waals surface area contributed by atoms with Crippen LogP contribution >= 0.6 is 11.3 Å². The van der Waals surface area contributed by atoms with Crippen LogP contribution in [-0.2, 0) is 6.42 Å². The van der Waals surface area contributed by atoms with Gasteiger partial charge in [-0.05, 0) is 31.0 Å². The van der Waals surface area contributed by atoms with E-state index in [4.69, 9.17) is 5.73 Å². The number of rotatable bonds is 2. The van der Waals surface area contributed by atoms with Crippen LogP contribution in [0.25, 0.3) is 0 Å². The zero-order valence-electron chi connectivity index (χ0n) is 8.95. The van der Waals surface area contributed by atoms with Gasteiger partial charge in [-0.3, -0.25) is 0 Å². The standard InChI is InChI=1S/C12H14N2S/c1-8-3-4-10(6-12(8)13)5-11-7-14-9(2)15-11/h3-4,6-7H,5,13H2,1-2H3. The molecule has 1 aromatic carbocycles. The van der Waals surface area contributed by atoms with Gasteiger partial charge in [-0.1, -0.05) is 12.1 Å². The molecule has 0 bridgehead atoms. The molecular weight excluding hydrogens is 204 g/mol. The minimum Gasteiger partial charge on any atom is -0.399 e. The van der Waals surface area contributed by atoms with Gasteiger partial charge < -0.3 is 5.73 Å². The molecule has 0 atom stereocenters. The fourth-order valence-electron chi connectivity index (χ4n) is 1.49. The Morgan fingerprint density at radius 2 is 2.13 bits per heavy atom. The van der Waals surface area contributed by atoms with Crippen LogP contribution in [0.4, 0.5) is 5.69 Å². The highest BCUT2D eigenvalue weighted by molar-refractivity contribution is 7.11. The lowest BCUT2D eigenvalue weighted by Crippen LogP contribution is -1.92. The Morgan fingerprint density at radius 1 is 1.33 bits per heavy atom. The van der Waals surface area contributed by atoms with Gasteiger partial charge in [-0.15, -0.1) is 11.3 Å². The van der Waals surface area contributed by atoms with Crippen molar-refractivity contribution in [2.24, 2.45) is 0 Å². The molecule has 15 heavy (non-hydrogen) atoms. The first-order chi connectivity index (χ1) is 7.15. The summed E-state index contributed by atoms with van der Waals surface area (Å²) < 4.78 is 0. The summed E-state index contributed by atoms with van der Waals surface area (Å²) in [6, 6.07) is 6.24. The van der Waals surface area contributed by atoms with Crippen LogP contribution in [0.15, 0.2) is 24.4 Å². The summed E-state index contributed by atoms with van der Waals surface area (Å²) in [4.78, 5) is 5.53. The normalized spacial score (nSPS) is 10.5. The Balaban J connectivity index is 2.21. The molecule has 3 heteroatoms. The molecule has 2 aromatic rings. The van der Waals surface area contributed by atoms with E-state index in [-0.39, 0.29) is 0 Å². The molecule has 0 saturated heterocycles. The number of benzene rings is 1. The van der Waals surface area contributed by atoms with Gasteiger partial charge in [0.05, 0.1) is 5.01 Å². The minimum atomic E-state index is 0.869. The highest BCUT2D eigenvalue weighted by Crippen LogP contribution is 2.19. The van der Waals surface area contributed by atoms with Gasteiger partial charge in [0.1, 0.15) is 0 Å². The lowest BCUT2D eigenvalue weighted by molar-refractivity contribution is 1.20. The number of hydrogen-bond acceptors (Lipinski definition) is 3. The maximum Gasteiger partial charge on any atom is 0.0896 e. The van der Waals surface area contributed by atoms with Crippen molar-refractivity contribution in [1.82, 2.24) is 4.98 Å². The number of aromatic nitrogens is 1. The number of nitrogens with zero attached hydrogens (tertiary/aromatic N) is 1. The van der Waals surface area contributed by atoms with Gasteiger partial charge in [0, 0.05) is 23.2 Å². The first-order valence-electron chi connectivity index (χ1n) is 4.91. The van der Waals surface area contributed by atoms with Crippen LogP contribution in [0.3, 0.4) is 0 Å². The number of nitrogen functional groups attached to an aromatic ring is 1. The number of thiazole rings is 1. The average molecular weight is 218 g/mol. The van der Waals surface area contributed by atoms with Crippen molar-refractivity contribution in [2.45, 2.75) is 20.3 Å². The molecule has 0 unspecified atom stereocenters. The molecule has 0 amide bonds. The van der Waals surface area contributed by atoms with Crippen molar-refractivity contribution in [1.29, 1.82) is 0 Å². The highest BCUT2D eigenvalue weighted by Gasteiger charge is 2.01. The van der Waals surface area contributed by atoms with Crippen molar-refractivity contribution >= 4 is 17.0 Å². The fourth-order valence-corrected chi connectivity index (χ4v) is 2.32. The van der Waals surface area contributed by atoms with Crippen molar-refractivity contribution in [3.8, 4) is 0 Å². The summed E-state index contributed by atoms with van der Waals surface area (Å²) in [6.07, 6.45) is 2.87. The Labute approximate surface area is 93.8 Å².